The highest BCUT2D eigenvalue weighted by atomic mass is 16.3. The number of hydrogen-bond donors (Lipinski definition) is 1. The van der Waals surface area contributed by atoms with Gasteiger partial charge in [-0.25, -0.2) is 0 Å². The topological polar surface area (TPSA) is 71.4 Å². The summed E-state index contributed by atoms with van der Waals surface area (Å²) in [7, 11) is 0. The van der Waals surface area contributed by atoms with E-state index in [1.807, 2.05) is 0 Å². The Hall–Kier alpha value is -1.03. The highest BCUT2D eigenvalue weighted by Crippen LogP contribution is 1.79. The molecule has 0 spiro atoms. The van der Waals surface area contributed by atoms with Crippen molar-refractivity contribution < 1.29 is 19.5 Å². The minimum atomic E-state index is -1.08. The maximum atomic E-state index is 10.2. The fourth-order valence-electron chi connectivity index (χ4n) is 0.290. The van der Waals surface area contributed by atoms with Gasteiger partial charge in [-0.1, -0.05) is 0 Å². The molecule has 0 heterocycles. The van der Waals surface area contributed by atoms with Gasteiger partial charge in [-0.15, -0.1) is 0 Å². The minimum absolute atomic E-state index is 0.0575. The fraction of sp³-hybridized carbons (Fsp3) is 0.400. The van der Waals surface area contributed by atoms with Crippen molar-refractivity contribution in [1.29, 1.82) is 0 Å². The van der Waals surface area contributed by atoms with Gasteiger partial charge in [0, 0.05) is 6.42 Å². The van der Waals surface area contributed by atoms with Crippen molar-refractivity contribution in [1.82, 2.24) is 0 Å². The predicted octanol–water partition coefficient (Wildman–Crippen LogP) is -1.29. The van der Waals surface area contributed by atoms with E-state index in [-0.39, 0.29) is 12.7 Å². The molecule has 0 radical (unpaired) electrons. The lowest BCUT2D eigenvalue weighted by molar-refractivity contribution is -0.140. The smallest absolute Gasteiger partial charge is 0.260 e. The zero-order valence-corrected chi connectivity index (χ0v) is 4.66. The van der Waals surface area contributed by atoms with Crippen LogP contribution in [0.2, 0.25) is 0 Å². The Kier molecular flexibility index (Phi) is 3.46. The number of aldehydes is 1. The summed E-state index contributed by atoms with van der Waals surface area (Å²) in [5.74, 6) is -1.92. The molecule has 50 valence electrons. The largest absolute Gasteiger partial charge is 0.396 e. The van der Waals surface area contributed by atoms with E-state index in [0.29, 0.717) is 0 Å². The van der Waals surface area contributed by atoms with E-state index in [9.17, 15) is 14.4 Å². The lowest BCUT2D eigenvalue weighted by Gasteiger charge is -1.86. The monoisotopic (exact) mass is 130 g/mol. The standard InChI is InChI=1S/C5H6O4/c6-2-1-4(8)5(9)3-7/h3,6H,1-2H2. The van der Waals surface area contributed by atoms with E-state index in [1.54, 1.807) is 0 Å². The molecule has 1 N–H and O–H groups in total. The zero-order valence-electron chi connectivity index (χ0n) is 4.66. The molecule has 9 heavy (non-hydrogen) atoms. The Balaban J connectivity index is 3.73. The molecular formula is C5H6O4. The molecule has 0 aliphatic carbocycles. The lowest BCUT2D eigenvalue weighted by Crippen LogP contribution is -2.15. The average molecular weight is 130 g/mol. The maximum Gasteiger partial charge on any atom is 0.260 e. The molecule has 0 unspecified atom stereocenters. The van der Waals surface area contributed by atoms with Crippen molar-refractivity contribution in [2.24, 2.45) is 0 Å². The Morgan fingerprint density at radius 3 is 2.33 bits per heavy atom. The van der Waals surface area contributed by atoms with Crippen molar-refractivity contribution in [2.75, 3.05) is 6.61 Å². The Morgan fingerprint density at radius 2 is 2.00 bits per heavy atom. The summed E-state index contributed by atoms with van der Waals surface area (Å²) < 4.78 is 0. The third-order valence-corrected chi connectivity index (χ3v) is 0.721. The first-order valence-electron chi connectivity index (χ1n) is 2.35. The van der Waals surface area contributed by atoms with Crippen LogP contribution >= 0.6 is 0 Å². The van der Waals surface area contributed by atoms with E-state index in [0.717, 1.165) is 0 Å². The van der Waals surface area contributed by atoms with E-state index < -0.39 is 18.2 Å². The zero-order chi connectivity index (χ0) is 7.28. The number of ketones is 2. The van der Waals surface area contributed by atoms with E-state index in [2.05, 4.69) is 0 Å². The highest BCUT2D eigenvalue weighted by Gasteiger charge is 2.09. The molecular weight excluding hydrogens is 124 g/mol. The van der Waals surface area contributed by atoms with Gasteiger partial charge in [0.25, 0.3) is 5.78 Å². The average Bonchev–Trinajstić information content (AvgIpc) is 1.87. The van der Waals surface area contributed by atoms with Crippen LogP contribution in [0.25, 0.3) is 0 Å². The number of hydrogen-bond acceptors (Lipinski definition) is 4. The summed E-state index contributed by atoms with van der Waals surface area (Å²) in [5, 5.41) is 8.09. The molecule has 0 rings (SSSR count). The molecule has 0 fully saturated rings. The Bertz CT molecular complexity index is 138. The quantitative estimate of drug-likeness (QED) is 0.292. The van der Waals surface area contributed by atoms with Crippen LogP contribution in [-0.2, 0) is 14.4 Å². The first kappa shape index (κ1) is 7.97. The molecule has 0 aliphatic heterocycles. The van der Waals surface area contributed by atoms with Crippen molar-refractivity contribution >= 4 is 17.9 Å². The van der Waals surface area contributed by atoms with Gasteiger partial charge in [-0.05, 0) is 0 Å². The first-order chi connectivity index (χ1) is 4.22. The van der Waals surface area contributed by atoms with Gasteiger partial charge in [0.15, 0.2) is 6.29 Å². The second-order valence-electron chi connectivity index (χ2n) is 1.38. The molecule has 0 bridgehead atoms. The summed E-state index contributed by atoms with van der Waals surface area (Å²) in [6.07, 6.45) is -0.324. The van der Waals surface area contributed by atoms with Crippen LogP contribution in [0, 0.1) is 0 Å². The summed E-state index contributed by atoms with van der Waals surface area (Å²) in [6, 6.07) is 0. The third kappa shape index (κ3) is 2.71. The summed E-state index contributed by atoms with van der Waals surface area (Å²) in [6.45, 7) is -0.390. The van der Waals surface area contributed by atoms with Gasteiger partial charge in [0.2, 0.25) is 5.78 Å². The highest BCUT2D eigenvalue weighted by molar-refractivity contribution is 6.57. The third-order valence-electron chi connectivity index (χ3n) is 0.721. The van der Waals surface area contributed by atoms with Crippen LogP contribution in [0.3, 0.4) is 0 Å². The van der Waals surface area contributed by atoms with Crippen molar-refractivity contribution in [3.8, 4) is 0 Å². The van der Waals surface area contributed by atoms with Crippen molar-refractivity contribution in [2.45, 2.75) is 6.42 Å². The minimum Gasteiger partial charge on any atom is -0.396 e. The van der Waals surface area contributed by atoms with Crippen LogP contribution in [0.1, 0.15) is 6.42 Å². The summed E-state index contributed by atoms with van der Waals surface area (Å²) >= 11 is 0. The summed E-state index contributed by atoms with van der Waals surface area (Å²) in [4.78, 5) is 29.9. The number of aliphatic hydroxyl groups excluding tert-OH is 1. The Labute approximate surface area is 51.5 Å². The van der Waals surface area contributed by atoms with Gasteiger partial charge in [0.05, 0.1) is 6.61 Å². The van der Waals surface area contributed by atoms with Gasteiger partial charge in [-0.2, -0.15) is 0 Å². The van der Waals surface area contributed by atoms with E-state index in [4.69, 9.17) is 5.11 Å². The van der Waals surface area contributed by atoms with Crippen molar-refractivity contribution in [3.63, 3.8) is 0 Å². The predicted molar refractivity (Wildman–Crippen MR) is 27.8 cm³/mol. The second kappa shape index (κ2) is 3.91. The van der Waals surface area contributed by atoms with Crippen LogP contribution < -0.4 is 0 Å². The van der Waals surface area contributed by atoms with Crippen molar-refractivity contribution in [3.05, 3.63) is 0 Å². The molecule has 0 atom stereocenters. The van der Waals surface area contributed by atoms with Crippen LogP contribution in [0.15, 0.2) is 0 Å². The number of rotatable bonds is 4. The van der Waals surface area contributed by atoms with Gasteiger partial charge in [0.1, 0.15) is 0 Å². The number of Topliss-reactive ketones (excluding diaryl/α,β-unsaturated/α-hetero) is 2. The molecule has 0 aromatic carbocycles. The number of carbonyl (C=O) groups excluding carboxylic acids is 3. The Morgan fingerprint density at radius 1 is 1.44 bits per heavy atom. The molecule has 4 heteroatoms. The maximum absolute atomic E-state index is 10.2. The molecule has 0 aromatic rings. The lowest BCUT2D eigenvalue weighted by atomic mass is 10.2. The fourth-order valence-corrected chi connectivity index (χ4v) is 0.290. The van der Waals surface area contributed by atoms with Crippen LogP contribution in [0.5, 0.6) is 0 Å². The number of carbonyl (C=O) groups is 3. The molecule has 0 amide bonds. The van der Waals surface area contributed by atoms with E-state index in [1.165, 1.54) is 0 Å². The van der Waals surface area contributed by atoms with Gasteiger partial charge in [-0.3, -0.25) is 14.4 Å². The first-order valence-corrected chi connectivity index (χ1v) is 2.35. The second-order valence-corrected chi connectivity index (χ2v) is 1.38. The SMILES string of the molecule is O=CC(=O)C(=O)CCO. The normalized spacial score (nSPS) is 8.56. The summed E-state index contributed by atoms with van der Waals surface area (Å²) in [5.41, 5.74) is 0. The van der Waals surface area contributed by atoms with Gasteiger partial charge >= 0.3 is 0 Å². The van der Waals surface area contributed by atoms with Gasteiger partial charge < -0.3 is 5.11 Å². The molecule has 4 nitrogen and oxygen atoms in total. The molecule has 0 saturated heterocycles. The number of aliphatic hydroxyl groups is 1. The van der Waals surface area contributed by atoms with E-state index >= 15 is 0 Å². The molecule has 0 saturated carbocycles. The molecule has 0 aromatic heterocycles. The van der Waals surface area contributed by atoms with Crippen LogP contribution in [-0.4, -0.2) is 29.6 Å². The van der Waals surface area contributed by atoms with Crippen LogP contribution in [0.4, 0.5) is 0 Å². The molecule has 0 aliphatic rings.